The van der Waals surface area contributed by atoms with Gasteiger partial charge in [-0.1, -0.05) is 30.3 Å². The molecule has 212 valence electrons. The quantitative estimate of drug-likeness (QED) is 0.235. The van der Waals surface area contributed by atoms with Gasteiger partial charge < -0.3 is 36.2 Å². The lowest BCUT2D eigenvalue weighted by atomic mass is 10.1. The lowest BCUT2D eigenvalue weighted by molar-refractivity contribution is -0.192. The number of carboxylic acid groups (broad SMARTS) is 2. The van der Waals surface area contributed by atoms with Gasteiger partial charge in [-0.2, -0.15) is 13.2 Å². The highest BCUT2D eigenvalue weighted by atomic mass is 19.4. The molecule has 0 saturated carbocycles. The summed E-state index contributed by atoms with van der Waals surface area (Å²) in [6.45, 7) is 3.61. The summed E-state index contributed by atoms with van der Waals surface area (Å²) in [6, 6.07) is 7.80. The first-order valence-corrected chi connectivity index (χ1v) is 10.8. The number of alkyl carbamates (subject to hydrolysis) is 1. The van der Waals surface area contributed by atoms with E-state index in [0.717, 1.165) is 5.56 Å². The van der Waals surface area contributed by atoms with Crippen molar-refractivity contribution in [2.24, 2.45) is 0 Å². The van der Waals surface area contributed by atoms with Crippen LogP contribution in [0.1, 0.15) is 26.3 Å². The Labute approximate surface area is 215 Å². The molecule has 1 atom stereocenters. The van der Waals surface area contributed by atoms with Gasteiger partial charge in [0.25, 0.3) is 0 Å². The molecule has 0 aliphatic carbocycles. The molecule has 1 rings (SSSR count). The highest BCUT2D eigenvalue weighted by Gasteiger charge is 2.38. The number of carboxylic acids is 2. The van der Waals surface area contributed by atoms with Gasteiger partial charge in [-0.05, 0) is 26.3 Å². The number of aliphatic carboxylic acids is 2. The number of benzene rings is 1. The van der Waals surface area contributed by atoms with Crippen molar-refractivity contribution in [3.8, 4) is 0 Å². The molecular weight excluding hydrogens is 521 g/mol. The van der Waals surface area contributed by atoms with E-state index >= 15 is 0 Å². The molecular formula is C22H29F3N4O9. The van der Waals surface area contributed by atoms with Gasteiger partial charge in [-0.15, -0.1) is 0 Å². The number of nitrogens with one attached hydrogen (secondary N) is 4. The Morgan fingerprint density at radius 1 is 0.842 bits per heavy atom. The van der Waals surface area contributed by atoms with Crippen LogP contribution >= 0.6 is 0 Å². The Hall–Kier alpha value is -4.37. The molecule has 1 aromatic carbocycles. The summed E-state index contributed by atoms with van der Waals surface area (Å²) in [7, 11) is 0. The maximum Gasteiger partial charge on any atom is 0.490 e. The smallest absolute Gasteiger partial charge is 0.480 e. The molecule has 4 amide bonds. The second kappa shape index (κ2) is 15.7. The van der Waals surface area contributed by atoms with E-state index in [1.54, 1.807) is 51.1 Å². The highest BCUT2D eigenvalue weighted by molar-refractivity contribution is 5.92. The average Bonchev–Trinajstić information content (AvgIpc) is 2.78. The summed E-state index contributed by atoms with van der Waals surface area (Å²) in [6.07, 6.45) is -5.73. The average molecular weight is 550 g/mol. The number of alkyl halides is 3. The standard InChI is InChI=1S/C20H28N4O7.C2HF3O2/c1-20(2,3)31-19(30)23-10-15(25)21-11-16(26)24-14(18(29)22-12-17(27)28)9-13-7-5-4-6-8-13;3-2(4,5)1(6)7/h4-8,14H,9-12H2,1-3H3,(H,21,25)(H,22,29)(H,23,30)(H,24,26)(H,27,28);(H,6,7)/t14-;/m0./s1. The summed E-state index contributed by atoms with van der Waals surface area (Å²) < 4.78 is 36.7. The van der Waals surface area contributed by atoms with Crippen LogP contribution in [0.5, 0.6) is 0 Å². The number of carbonyl (C=O) groups is 6. The number of halogens is 3. The zero-order chi connectivity index (χ0) is 29.5. The fourth-order valence-electron chi connectivity index (χ4n) is 2.30. The van der Waals surface area contributed by atoms with Crippen molar-refractivity contribution in [2.75, 3.05) is 19.6 Å². The van der Waals surface area contributed by atoms with Crippen molar-refractivity contribution < 1.29 is 56.9 Å². The number of amides is 4. The Morgan fingerprint density at radius 3 is 1.84 bits per heavy atom. The lowest BCUT2D eigenvalue weighted by Gasteiger charge is -2.20. The maximum atomic E-state index is 12.3. The molecule has 0 fully saturated rings. The molecule has 16 heteroatoms. The van der Waals surface area contributed by atoms with Crippen molar-refractivity contribution in [3.05, 3.63) is 35.9 Å². The third-order valence-corrected chi connectivity index (χ3v) is 3.83. The number of hydrogen-bond donors (Lipinski definition) is 6. The van der Waals surface area contributed by atoms with Crippen LogP contribution in [0.2, 0.25) is 0 Å². The Kier molecular flexibility index (Phi) is 13.9. The van der Waals surface area contributed by atoms with Crippen molar-refractivity contribution >= 4 is 35.8 Å². The normalized spacial score (nSPS) is 11.5. The molecule has 0 aliphatic heterocycles. The van der Waals surface area contributed by atoms with Gasteiger partial charge in [0, 0.05) is 6.42 Å². The van der Waals surface area contributed by atoms with Crippen molar-refractivity contribution in [2.45, 2.75) is 45.0 Å². The minimum atomic E-state index is -5.08. The van der Waals surface area contributed by atoms with E-state index in [-0.39, 0.29) is 6.42 Å². The number of ether oxygens (including phenoxy) is 1. The van der Waals surface area contributed by atoms with Crippen molar-refractivity contribution in [1.82, 2.24) is 21.3 Å². The molecule has 0 aromatic heterocycles. The minimum Gasteiger partial charge on any atom is -0.480 e. The zero-order valence-corrected chi connectivity index (χ0v) is 20.7. The zero-order valence-electron chi connectivity index (χ0n) is 20.7. The van der Waals surface area contributed by atoms with E-state index < -0.39 is 73.2 Å². The number of carbonyl (C=O) groups excluding carboxylic acids is 4. The van der Waals surface area contributed by atoms with Crippen molar-refractivity contribution in [3.63, 3.8) is 0 Å². The van der Waals surface area contributed by atoms with Crippen LogP contribution in [0.3, 0.4) is 0 Å². The highest BCUT2D eigenvalue weighted by Crippen LogP contribution is 2.13. The molecule has 0 unspecified atom stereocenters. The first-order valence-electron chi connectivity index (χ1n) is 10.8. The van der Waals surface area contributed by atoms with E-state index in [4.69, 9.17) is 19.7 Å². The van der Waals surface area contributed by atoms with Crippen LogP contribution < -0.4 is 21.3 Å². The van der Waals surface area contributed by atoms with E-state index in [2.05, 4.69) is 21.3 Å². The Bertz CT molecular complexity index is 981. The molecule has 38 heavy (non-hydrogen) atoms. The van der Waals surface area contributed by atoms with Crippen molar-refractivity contribution in [1.29, 1.82) is 0 Å². The molecule has 0 spiro atoms. The molecule has 1 aromatic rings. The Morgan fingerprint density at radius 2 is 1.37 bits per heavy atom. The van der Waals surface area contributed by atoms with Gasteiger partial charge in [0.2, 0.25) is 17.7 Å². The van der Waals surface area contributed by atoms with Gasteiger partial charge in [0.05, 0.1) is 6.54 Å². The maximum absolute atomic E-state index is 12.3. The summed E-state index contributed by atoms with van der Waals surface area (Å²) in [5.74, 6) is -5.93. The molecule has 6 N–H and O–H groups in total. The molecule has 0 saturated heterocycles. The van der Waals surface area contributed by atoms with Gasteiger partial charge in [0.15, 0.2) is 0 Å². The van der Waals surface area contributed by atoms with E-state index in [1.807, 2.05) is 0 Å². The van der Waals surface area contributed by atoms with E-state index in [9.17, 15) is 37.1 Å². The largest absolute Gasteiger partial charge is 0.490 e. The molecule has 13 nitrogen and oxygen atoms in total. The summed E-state index contributed by atoms with van der Waals surface area (Å²) >= 11 is 0. The third-order valence-electron chi connectivity index (χ3n) is 3.83. The predicted octanol–water partition coefficient (Wildman–Crippen LogP) is 0.189. The molecule has 0 radical (unpaired) electrons. The van der Waals surface area contributed by atoms with Crippen LogP contribution in [0.4, 0.5) is 18.0 Å². The summed E-state index contributed by atoms with van der Waals surface area (Å²) in [5, 5.41) is 25.1. The van der Waals surface area contributed by atoms with Gasteiger partial charge in [-0.3, -0.25) is 19.2 Å². The first-order chi connectivity index (χ1) is 17.4. The van der Waals surface area contributed by atoms with Gasteiger partial charge in [-0.25, -0.2) is 9.59 Å². The second-order valence-corrected chi connectivity index (χ2v) is 8.36. The molecule has 0 aliphatic rings. The van der Waals surface area contributed by atoms with E-state index in [1.165, 1.54) is 0 Å². The van der Waals surface area contributed by atoms with Gasteiger partial charge in [0.1, 0.15) is 24.7 Å². The molecule has 0 bridgehead atoms. The van der Waals surface area contributed by atoms with Crippen LogP contribution in [0.15, 0.2) is 30.3 Å². The molecule has 0 heterocycles. The van der Waals surface area contributed by atoms with E-state index in [0.29, 0.717) is 0 Å². The number of hydrogen-bond acceptors (Lipinski definition) is 7. The second-order valence-electron chi connectivity index (χ2n) is 8.36. The van der Waals surface area contributed by atoms with Crippen LogP contribution in [0, 0.1) is 0 Å². The minimum absolute atomic E-state index is 0.131. The third kappa shape index (κ3) is 17.1. The fourth-order valence-corrected chi connectivity index (χ4v) is 2.30. The fraction of sp³-hybridized carbons (Fsp3) is 0.455. The monoisotopic (exact) mass is 550 g/mol. The SMILES string of the molecule is CC(C)(C)OC(=O)NCC(=O)NCC(=O)N[C@@H](Cc1ccccc1)C(=O)NCC(=O)O.O=C(O)C(F)(F)F. The summed E-state index contributed by atoms with van der Waals surface area (Å²) in [4.78, 5) is 67.4. The number of rotatable bonds is 10. The Balaban J connectivity index is 0.00000171. The van der Waals surface area contributed by atoms with Crippen LogP contribution in [-0.2, 0) is 35.1 Å². The topological polar surface area (TPSA) is 200 Å². The predicted molar refractivity (Wildman–Crippen MR) is 124 cm³/mol. The first kappa shape index (κ1) is 33.6. The van der Waals surface area contributed by atoms with Crippen LogP contribution in [0.25, 0.3) is 0 Å². The van der Waals surface area contributed by atoms with Gasteiger partial charge >= 0.3 is 24.2 Å². The van der Waals surface area contributed by atoms with Crippen LogP contribution in [-0.4, -0.2) is 83.4 Å². The lowest BCUT2D eigenvalue weighted by Crippen LogP contribution is -2.51. The summed E-state index contributed by atoms with van der Waals surface area (Å²) in [5.41, 5.74) is 0.0407.